The van der Waals surface area contributed by atoms with Gasteiger partial charge in [0.15, 0.2) is 0 Å². The Kier molecular flexibility index (Phi) is 2.41. The van der Waals surface area contributed by atoms with Gasteiger partial charge >= 0.3 is 5.69 Å². The van der Waals surface area contributed by atoms with E-state index in [1.165, 1.54) is 4.88 Å². The van der Waals surface area contributed by atoms with Crippen LogP contribution in [0.2, 0.25) is 0 Å². The number of hydrogen-bond acceptors (Lipinski definition) is 4. The van der Waals surface area contributed by atoms with Gasteiger partial charge in [-0.2, -0.15) is 0 Å². The molecular formula is C11H10N4OS. The van der Waals surface area contributed by atoms with Crippen LogP contribution in [0.1, 0.15) is 4.88 Å². The Balaban J connectivity index is 1.83. The molecule has 0 aliphatic heterocycles. The van der Waals surface area contributed by atoms with E-state index in [1.54, 1.807) is 11.3 Å². The zero-order valence-corrected chi connectivity index (χ0v) is 9.67. The van der Waals surface area contributed by atoms with E-state index in [1.807, 2.05) is 29.9 Å². The van der Waals surface area contributed by atoms with Gasteiger partial charge in [-0.15, -0.1) is 11.3 Å². The van der Waals surface area contributed by atoms with Crippen molar-refractivity contribution in [1.29, 1.82) is 0 Å². The largest absolute Gasteiger partial charge is 0.380 e. The smallest absolute Gasteiger partial charge is 0.323 e. The molecule has 2 heterocycles. The number of nitrogens with zero attached hydrogens (tertiary/aromatic N) is 1. The van der Waals surface area contributed by atoms with E-state index >= 15 is 0 Å². The molecule has 2 aromatic heterocycles. The molecule has 0 bridgehead atoms. The van der Waals surface area contributed by atoms with Gasteiger partial charge in [0.2, 0.25) is 0 Å². The number of aromatic nitrogens is 3. The highest BCUT2D eigenvalue weighted by molar-refractivity contribution is 7.09. The Morgan fingerprint density at radius 2 is 2.18 bits per heavy atom. The Morgan fingerprint density at radius 3 is 3.00 bits per heavy atom. The van der Waals surface area contributed by atoms with Crippen LogP contribution in [0, 0.1) is 0 Å². The zero-order chi connectivity index (χ0) is 11.7. The summed E-state index contributed by atoms with van der Waals surface area (Å²) in [6.07, 6.45) is 1.84. The van der Waals surface area contributed by atoms with Gasteiger partial charge < -0.3 is 15.3 Å². The van der Waals surface area contributed by atoms with E-state index in [9.17, 15) is 4.79 Å². The third-order valence-electron chi connectivity index (χ3n) is 2.47. The third-order valence-corrected chi connectivity index (χ3v) is 3.25. The van der Waals surface area contributed by atoms with Gasteiger partial charge in [-0.25, -0.2) is 4.79 Å². The molecule has 0 saturated carbocycles. The molecule has 0 aliphatic carbocycles. The Bertz CT molecular complexity index is 683. The molecule has 3 rings (SSSR count). The first-order valence-electron chi connectivity index (χ1n) is 5.14. The maximum Gasteiger partial charge on any atom is 0.323 e. The first-order chi connectivity index (χ1) is 8.31. The molecule has 0 aliphatic rings. The molecule has 5 nitrogen and oxygen atoms in total. The number of imidazole rings is 1. The summed E-state index contributed by atoms with van der Waals surface area (Å²) in [5.41, 5.74) is 4.23. The maximum absolute atomic E-state index is 11.1. The molecule has 1 aromatic carbocycles. The number of benzene rings is 1. The predicted octanol–water partition coefficient (Wildman–Crippen LogP) is 1.92. The Morgan fingerprint density at radius 1 is 1.29 bits per heavy atom. The van der Waals surface area contributed by atoms with Crippen LogP contribution >= 0.6 is 11.3 Å². The van der Waals surface area contributed by atoms with Crippen molar-refractivity contribution in [3.63, 3.8) is 0 Å². The SMILES string of the molecule is O=c1[nH]c2ccc(NCc3cncs3)cc2[nH]1. The molecule has 17 heavy (non-hydrogen) atoms. The summed E-state index contributed by atoms with van der Waals surface area (Å²) in [6.45, 7) is 0.741. The summed E-state index contributed by atoms with van der Waals surface area (Å²) in [5, 5.41) is 3.28. The third kappa shape index (κ3) is 2.07. The van der Waals surface area contributed by atoms with Crippen molar-refractivity contribution in [2.24, 2.45) is 0 Å². The van der Waals surface area contributed by atoms with E-state index in [0.717, 1.165) is 23.3 Å². The molecule has 0 amide bonds. The number of anilines is 1. The van der Waals surface area contributed by atoms with Crippen LogP contribution in [0.3, 0.4) is 0 Å². The second-order valence-corrected chi connectivity index (χ2v) is 4.63. The fraction of sp³-hybridized carbons (Fsp3) is 0.0909. The number of H-pyrrole nitrogens is 2. The minimum absolute atomic E-state index is 0.181. The van der Waals surface area contributed by atoms with Gasteiger partial charge in [0, 0.05) is 16.8 Å². The molecule has 3 N–H and O–H groups in total. The van der Waals surface area contributed by atoms with Crippen LogP contribution in [-0.2, 0) is 6.54 Å². The van der Waals surface area contributed by atoms with Crippen molar-refractivity contribution in [2.45, 2.75) is 6.54 Å². The summed E-state index contributed by atoms with van der Waals surface area (Å²) < 4.78 is 0. The Labute approximate surface area is 101 Å². The molecule has 3 aromatic rings. The van der Waals surface area contributed by atoms with Crippen LogP contribution in [0.4, 0.5) is 5.69 Å². The van der Waals surface area contributed by atoms with Gasteiger partial charge in [-0.05, 0) is 18.2 Å². The van der Waals surface area contributed by atoms with E-state index in [2.05, 4.69) is 20.3 Å². The van der Waals surface area contributed by atoms with Crippen molar-refractivity contribution in [3.05, 3.63) is 45.3 Å². The van der Waals surface area contributed by atoms with Crippen molar-refractivity contribution in [1.82, 2.24) is 15.0 Å². The lowest BCUT2D eigenvalue weighted by molar-refractivity contribution is 1.18. The number of fused-ring (bicyclic) bond motifs is 1. The second-order valence-electron chi connectivity index (χ2n) is 3.66. The number of aromatic amines is 2. The normalized spacial score (nSPS) is 10.8. The fourth-order valence-corrected chi connectivity index (χ4v) is 2.20. The van der Waals surface area contributed by atoms with Crippen LogP contribution in [0.25, 0.3) is 11.0 Å². The zero-order valence-electron chi connectivity index (χ0n) is 8.86. The highest BCUT2D eigenvalue weighted by atomic mass is 32.1. The van der Waals surface area contributed by atoms with Crippen LogP contribution in [0.15, 0.2) is 34.7 Å². The van der Waals surface area contributed by atoms with Gasteiger partial charge in [-0.1, -0.05) is 0 Å². The van der Waals surface area contributed by atoms with E-state index in [-0.39, 0.29) is 5.69 Å². The number of nitrogens with one attached hydrogen (secondary N) is 3. The number of thiazole rings is 1. The first-order valence-corrected chi connectivity index (χ1v) is 6.02. The first kappa shape index (κ1) is 10.1. The van der Waals surface area contributed by atoms with E-state index in [4.69, 9.17) is 0 Å². The summed E-state index contributed by atoms with van der Waals surface area (Å²) >= 11 is 1.61. The van der Waals surface area contributed by atoms with Gasteiger partial charge in [0.05, 0.1) is 23.1 Å². The van der Waals surface area contributed by atoms with Gasteiger partial charge in [-0.3, -0.25) is 4.98 Å². The molecule has 0 spiro atoms. The standard InChI is InChI=1S/C11H10N4OS/c16-11-14-9-2-1-7(3-10(9)15-11)13-5-8-4-12-6-17-8/h1-4,6,13H,5H2,(H2,14,15,16). The fourth-order valence-electron chi connectivity index (χ4n) is 1.66. The Hall–Kier alpha value is -2.08. The summed E-state index contributed by atoms with van der Waals surface area (Å²) in [7, 11) is 0. The molecular weight excluding hydrogens is 236 g/mol. The average Bonchev–Trinajstić information content (AvgIpc) is 2.92. The molecule has 0 unspecified atom stereocenters. The monoisotopic (exact) mass is 246 g/mol. The molecule has 0 saturated heterocycles. The summed E-state index contributed by atoms with van der Waals surface area (Å²) in [5.74, 6) is 0. The van der Waals surface area contributed by atoms with E-state index < -0.39 is 0 Å². The molecule has 0 radical (unpaired) electrons. The number of rotatable bonds is 3. The molecule has 0 fully saturated rings. The highest BCUT2D eigenvalue weighted by Gasteiger charge is 2.00. The quantitative estimate of drug-likeness (QED) is 0.661. The van der Waals surface area contributed by atoms with Crippen LogP contribution in [-0.4, -0.2) is 15.0 Å². The molecule has 0 atom stereocenters. The van der Waals surface area contributed by atoms with Crippen molar-refractivity contribution < 1.29 is 0 Å². The van der Waals surface area contributed by atoms with Gasteiger partial charge in [0.1, 0.15) is 0 Å². The van der Waals surface area contributed by atoms with E-state index in [0.29, 0.717) is 0 Å². The average molecular weight is 246 g/mol. The van der Waals surface area contributed by atoms with Crippen molar-refractivity contribution >= 4 is 28.1 Å². The lowest BCUT2D eigenvalue weighted by atomic mass is 10.3. The van der Waals surface area contributed by atoms with Crippen molar-refractivity contribution in [2.75, 3.05) is 5.32 Å². The van der Waals surface area contributed by atoms with Crippen molar-refractivity contribution in [3.8, 4) is 0 Å². The lowest BCUT2D eigenvalue weighted by Gasteiger charge is -2.03. The summed E-state index contributed by atoms with van der Waals surface area (Å²) in [6, 6.07) is 5.73. The molecule has 86 valence electrons. The van der Waals surface area contributed by atoms with Gasteiger partial charge in [0.25, 0.3) is 0 Å². The number of hydrogen-bond donors (Lipinski definition) is 3. The van der Waals surface area contributed by atoms with Crippen LogP contribution < -0.4 is 11.0 Å². The minimum atomic E-state index is -0.181. The predicted molar refractivity (Wildman–Crippen MR) is 68.4 cm³/mol. The van der Waals surface area contributed by atoms with Crippen LogP contribution in [0.5, 0.6) is 0 Å². The lowest BCUT2D eigenvalue weighted by Crippen LogP contribution is -1.99. The topological polar surface area (TPSA) is 73.6 Å². The summed E-state index contributed by atoms with van der Waals surface area (Å²) in [4.78, 5) is 21.7. The molecule has 6 heteroatoms. The minimum Gasteiger partial charge on any atom is -0.380 e. The second kappa shape index (κ2) is 4.06. The highest BCUT2D eigenvalue weighted by Crippen LogP contribution is 2.16. The maximum atomic E-state index is 11.1.